The van der Waals surface area contributed by atoms with E-state index in [1.165, 1.54) is 13.8 Å². The first-order valence-corrected chi connectivity index (χ1v) is 11.7. The molecule has 0 fully saturated rings. The minimum Gasteiger partial charge on any atom is -0.497 e. The summed E-state index contributed by atoms with van der Waals surface area (Å²) in [6.07, 6.45) is 5.53. The van der Waals surface area contributed by atoms with Crippen LogP contribution in [0.5, 0.6) is 11.5 Å². The Morgan fingerprint density at radius 3 is 2.26 bits per heavy atom. The van der Waals surface area contributed by atoms with Crippen LogP contribution in [0.15, 0.2) is 67.3 Å². The van der Waals surface area contributed by atoms with Gasteiger partial charge in [-0.05, 0) is 81.7 Å². The third kappa shape index (κ3) is 6.76. The first-order chi connectivity index (χ1) is 16.6. The summed E-state index contributed by atoms with van der Waals surface area (Å²) in [4.78, 5) is 24.0. The van der Waals surface area contributed by atoms with Gasteiger partial charge in [0.15, 0.2) is 5.60 Å². The van der Waals surface area contributed by atoms with Crippen molar-refractivity contribution in [3.63, 3.8) is 0 Å². The molecule has 2 aromatic carbocycles. The van der Waals surface area contributed by atoms with E-state index in [2.05, 4.69) is 6.58 Å². The average Bonchev–Trinajstić information content (AvgIpc) is 3.10. The molecule has 0 spiro atoms. The molecular weight excluding hydrogens is 466 g/mol. The summed E-state index contributed by atoms with van der Waals surface area (Å²) in [7, 11) is 1.62. The number of aromatic nitrogens is 1. The highest BCUT2D eigenvalue weighted by Crippen LogP contribution is 2.32. The number of ether oxygens (including phenoxy) is 2. The molecule has 3 rings (SSSR count). The lowest BCUT2D eigenvalue weighted by molar-refractivity contribution is -0.152. The van der Waals surface area contributed by atoms with Crippen molar-refractivity contribution in [3.05, 3.63) is 84.1 Å². The standard InChI is InChI=1S/C25H27NO5.C3H5Cl/c1-6-7-23(27)26-16(2)20(21-15-19(30-5)12-13-22(21)26)14-17-8-10-18(11-9-17)31-25(3,4)24(28)29;1-2-3-4/h6-13,15H,14H2,1-5H3,(H,28,29);2H,1,3H2/b7-6+;. The number of carboxylic acid groups (broad SMARTS) is 1. The van der Waals surface area contributed by atoms with Crippen LogP contribution in [0.2, 0.25) is 0 Å². The van der Waals surface area contributed by atoms with Crippen molar-refractivity contribution in [2.75, 3.05) is 13.0 Å². The molecule has 0 aliphatic carbocycles. The van der Waals surface area contributed by atoms with Gasteiger partial charge in [0.25, 0.3) is 5.91 Å². The van der Waals surface area contributed by atoms with Crippen LogP contribution in [-0.2, 0) is 11.2 Å². The SMILES string of the molecule is C/C=C/C(=O)n1c(C)c(Cc2ccc(OC(C)(C)C(=O)O)cc2)c2cc(OC)ccc21.C=CCCl. The first-order valence-electron chi connectivity index (χ1n) is 11.1. The molecule has 0 atom stereocenters. The van der Waals surface area contributed by atoms with Gasteiger partial charge in [0, 0.05) is 17.0 Å². The second kappa shape index (κ2) is 12.3. The number of nitrogens with zero attached hydrogens (tertiary/aromatic N) is 1. The molecule has 0 bridgehead atoms. The van der Waals surface area contributed by atoms with Gasteiger partial charge in [-0.3, -0.25) is 9.36 Å². The fraction of sp³-hybridized carbons (Fsp3) is 0.286. The van der Waals surface area contributed by atoms with Crippen molar-refractivity contribution in [3.8, 4) is 11.5 Å². The summed E-state index contributed by atoms with van der Waals surface area (Å²) in [5, 5.41) is 10.2. The zero-order chi connectivity index (χ0) is 26.2. The number of hydrogen-bond donors (Lipinski definition) is 1. The maximum atomic E-state index is 12.7. The van der Waals surface area contributed by atoms with Gasteiger partial charge in [0.1, 0.15) is 11.5 Å². The molecule has 6 nitrogen and oxygen atoms in total. The fourth-order valence-corrected chi connectivity index (χ4v) is 3.53. The molecule has 0 aliphatic rings. The highest BCUT2D eigenvalue weighted by atomic mass is 35.5. The quantitative estimate of drug-likeness (QED) is 0.221. The number of rotatable bonds is 8. The Morgan fingerprint density at radius 1 is 1.14 bits per heavy atom. The van der Waals surface area contributed by atoms with Crippen LogP contribution in [0.4, 0.5) is 0 Å². The maximum absolute atomic E-state index is 12.7. The van der Waals surface area contributed by atoms with Gasteiger partial charge in [-0.2, -0.15) is 0 Å². The Kier molecular flexibility index (Phi) is 9.72. The van der Waals surface area contributed by atoms with Gasteiger partial charge < -0.3 is 14.6 Å². The molecule has 0 amide bonds. The summed E-state index contributed by atoms with van der Waals surface area (Å²) >= 11 is 5.07. The van der Waals surface area contributed by atoms with Gasteiger partial charge in [-0.15, -0.1) is 18.2 Å². The van der Waals surface area contributed by atoms with E-state index < -0.39 is 11.6 Å². The molecule has 0 radical (unpaired) electrons. The van der Waals surface area contributed by atoms with E-state index in [0.29, 0.717) is 18.1 Å². The van der Waals surface area contributed by atoms with Crippen molar-refractivity contribution in [2.45, 2.75) is 39.7 Å². The molecule has 0 saturated heterocycles. The first kappa shape index (κ1) is 27.7. The Hall–Kier alpha value is -3.51. The summed E-state index contributed by atoms with van der Waals surface area (Å²) in [5.74, 6) is 0.644. The van der Waals surface area contributed by atoms with E-state index in [-0.39, 0.29) is 5.91 Å². The average molecular weight is 498 g/mol. The number of carbonyl (C=O) groups excluding carboxylic acids is 1. The number of methoxy groups -OCH3 is 1. The molecular formula is C28H32ClNO5. The van der Waals surface area contributed by atoms with Crippen LogP contribution in [0.3, 0.4) is 0 Å². The van der Waals surface area contributed by atoms with E-state index in [0.717, 1.165) is 33.5 Å². The van der Waals surface area contributed by atoms with E-state index in [9.17, 15) is 14.7 Å². The largest absolute Gasteiger partial charge is 0.497 e. The molecule has 1 aromatic heterocycles. The molecule has 0 aliphatic heterocycles. The number of aliphatic carboxylic acids is 1. The Balaban J connectivity index is 0.00000100. The highest BCUT2D eigenvalue weighted by molar-refractivity contribution is 6.18. The molecule has 1 N–H and O–H groups in total. The number of alkyl halides is 1. The lowest BCUT2D eigenvalue weighted by Gasteiger charge is -2.21. The lowest BCUT2D eigenvalue weighted by Crippen LogP contribution is -2.37. The van der Waals surface area contributed by atoms with Crippen molar-refractivity contribution >= 4 is 34.4 Å². The molecule has 3 aromatic rings. The number of fused-ring (bicyclic) bond motifs is 1. The summed E-state index contributed by atoms with van der Waals surface area (Å²) in [6.45, 7) is 10.1. The Bertz CT molecular complexity index is 1220. The maximum Gasteiger partial charge on any atom is 0.347 e. The summed E-state index contributed by atoms with van der Waals surface area (Å²) in [6, 6.07) is 13.0. The van der Waals surface area contributed by atoms with Crippen LogP contribution >= 0.6 is 11.6 Å². The molecule has 35 heavy (non-hydrogen) atoms. The van der Waals surface area contributed by atoms with Crippen molar-refractivity contribution in [2.24, 2.45) is 0 Å². The third-order valence-electron chi connectivity index (χ3n) is 5.37. The van der Waals surface area contributed by atoms with Gasteiger partial charge in [-0.25, -0.2) is 4.79 Å². The van der Waals surface area contributed by atoms with Crippen molar-refractivity contribution < 1.29 is 24.2 Å². The van der Waals surface area contributed by atoms with E-state index >= 15 is 0 Å². The molecule has 1 heterocycles. The van der Waals surface area contributed by atoms with E-state index in [1.807, 2.05) is 44.2 Å². The Labute approximate surface area is 211 Å². The summed E-state index contributed by atoms with van der Waals surface area (Å²) < 4.78 is 12.7. The van der Waals surface area contributed by atoms with E-state index in [4.69, 9.17) is 21.1 Å². The topological polar surface area (TPSA) is 77.8 Å². The zero-order valence-electron chi connectivity index (χ0n) is 20.8. The number of benzene rings is 2. The molecule has 186 valence electrons. The third-order valence-corrected chi connectivity index (χ3v) is 5.59. The lowest BCUT2D eigenvalue weighted by atomic mass is 10.0. The number of halogens is 1. The van der Waals surface area contributed by atoms with E-state index in [1.54, 1.807) is 42.0 Å². The Morgan fingerprint density at radius 2 is 1.74 bits per heavy atom. The number of carbonyl (C=O) groups is 2. The highest BCUT2D eigenvalue weighted by Gasteiger charge is 2.29. The van der Waals surface area contributed by atoms with Crippen LogP contribution in [0.1, 0.15) is 42.4 Å². The number of carboxylic acids is 1. The molecule has 0 saturated carbocycles. The zero-order valence-corrected chi connectivity index (χ0v) is 21.6. The van der Waals surface area contributed by atoms with Gasteiger partial charge in [0.2, 0.25) is 0 Å². The number of allylic oxidation sites excluding steroid dienone is 3. The van der Waals surface area contributed by atoms with Crippen molar-refractivity contribution in [1.82, 2.24) is 4.57 Å². The summed E-state index contributed by atoms with van der Waals surface area (Å²) in [5.41, 5.74) is 2.45. The minimum absolute atomic E-state index is 0.0962. The van der Waals surface area contributed by atoms with Crippen LogP contribution in [-0.4, -0.2) is 40.1 Å². The van der Waals surface area contributed by atoms with Gasteiger partial charge in [0.05, 0.1) is 12.6 Å². The van der Waals surface area contributed by atoms with Crippen molar-refractivity contribution in [1.29, 1.82) is 0 Å². The smallest absolute Gasteiger partial charge is 0.347 e. The fourth-order valence-electron chi connectivity index (χ4n) is 3.53. The predicted octanol–water partition coefficient (Wildman–Crippen LogP) is 6.42. The number of hydrogen-bond acceptors (Lipinski definition) is 4. The second-order valence-corrected chi connectivity index (χ2v) is 8.61. The minimum atomic E-state index is -1.31. The van der Waals surface area contributed by atoms with Gasteiger partial charge >= 0.3 is 5.97 Å². The monoisotopic (exact) mass is 497 g/mol. The predicted molar refractivity (Wildman–Crippen MR) is 141 cm³/mol. The van der Waals surface area contributed by atoms with Crippen LogP contribution in [0, 0.1) is 6.92 Å². The molecule has 0 unspecified atom stereocenters. The van der Waals surface area contributed by atoms with Crippen LogP contribution in [0.25, 0.3) is 10.9 Å². The molecule has 7 heteroatoms. The normalized spacial score (nSPS) is 11.1. The van der Waals surface area contributed by atoms with Crippen LogP contribution < -0.4 is 9.47 Å². The second-order valence-electron chi connectivity index (χ2n) is 8.30. The van der Waals surface area contributed by atoms with Gasteiger partial charge in [-0.1, -0.05) is 24.3 Å².